The summed E-state index contributed by atoms with van der Waals surface area (Å²) in [7, 11) is 0. The number of carbonyl (C=O) groups excluding carboxylic acids is 1. The smallest absolute Gasteiger partial charge is 0.230 e. The second-order valence-electron chi connectivity index (χ2n) is 4.80. The lowest BCUT2D eigenvalue weighted by atomic mass is 10.3. The fraction of sp³-hybridized carbons (Fsp3) is 0.429. The summed E-state index contributed by atoms with van der Waals surface area (Å²) in [5.41, 5.74) is 7.45. The molecule has 0 aliphatic carbocycles. The number of nitrogens with zero attached hydrogens (tertiary/aromatic N) is 1. The predicted molar refractivity (Wildman–Crippen MR) is 83.6 cm³/mol. The van der Waals surface area contributed by atoms with Gasteiger partial charge in [-0.1, -0.05) is 12.1 Å². The molecule has 1 aromatic heterocycles. The van der Waals surface area contributed by atoms with Crippen molar-refractivity contribution in [3.63, 3.8) is 0 Å². The summed E-state index contributed by atoms with van der Waals surface area (Å²) < 4.78 is 0. The number of benzene rings is 1. The lowest BCUT2D eigenvalue weighted by Crippen LogP contribution is -2.38. The van der Waals surface area contributed by atoms with Crippen LogP contribution >= 0.6 is 11.8 Å². The van der Waals surface area contributed by atoms with Crippen molar-refractivity contribution in [3.8, 4) is 0 Å². The maximum absolute atomic E-state index is 11.7. The zero-order chi connectivity index (χ0) is 14.5. The van der Waals surface area contributed by atoms with Crippen LogP contribution in [0.1, 0.15) is 24.9 Å². The molecule has 0 spiro atoms. The molecule has 0 aliphatic rings. The molecule has 1 heterocycles. The van der Waals surface area contributed by atoms with Crippen LogP contribution in [-0.2, 0) is 4.79 Å². The Labute approximate surface area is 122 Å². The van der Waals surface area contributed by atoms with E-state index in [0.29, 0.717) is 12.3 Å². The number of hydrogen-bond acceptors (Lipinski definition) is 4. The maximum atomic E-state index is 11.7. The second kappa shape index (κ2) is 6.76. The van der Waals surface area contributed by atoms with Crippen LogP contribution in [0, 0.1) is 0 Å². The van der Waals surface area contributed by atoms with E-state index in [1.165, 1.54) is 0 Å². The molecule has 0 fully saturated rings. The molecule has 4 N–H and O–H groups in total. The van der Waals surface area contributed by atoms with Crippen molar-refractivity contribution < 1.29 is 4.79 Å². The molecule has 0 saturated heterocycles. The number of para-hydroxylation sites is 2. The summed E-state index contributed by atoms with van der Waals surface area (Å²) in [4.78, 5) is 19.5. The monoisotopic (exact) mass is 292 g/mol. The van der Waals surface area contributed by atoms with Crippen molar-refractivity contribution in [1.29, 1.82) is 0 Å². The molecule has 0 aliphatic heterocycles. The van der Waals surface area contributed by atoms with Gasteiger partial charge in [0.05, 0.1) is 22.0 Å². The lowest BCUT2D eigenvalue weighted by Gasteiger charge is -2.12. The third-order valence-corrected chi connectivity index (χ3v) is 4.17. The van der Waals surface area contributed by atoms with Gasteiger partial charge < -0.3 is 16.0 Å². The Morgan fingerprint density at radius 2 is 2.20 bits per heavy atom. The molecule has 1 unspecified atom stereocenters. The average molecular weight is 292 g/mol. The molecule has 0 bridgehead atoms. The van der Waals surface area contributed by atoms with Gasteiger partial charge in [-0.3, -0.25) is 4.79 Å². The van der Waals surface area contributed by atoms with Crippen molar-refractivity contribution in [3.05, 3.63) is 30.1 Å². The number of fused-ring (bicyclic) bond motifs is 1. The first-order valence-electron chi connectivity index (χ1n) is 6.66. The quantitative estimate of drug-likeness (QED) is 0.758. The largest absolute Gasteiger partial charge is 0.352 e. The Morgan fingerprint density at radius 1 is 1.45 bits per heavy atom. The van der Waals surface area contributed by atoms with Gasteiger partial charge in [0.2, 0.25) is 5.91 Å². The summed E-state index contributed by atoms with van der Waals surface area (Å²) in [6, 6.07) is 7.93. The average Bonchev–Trinajstić information content (AvgIpc) is 2.88. The van der Waals surface area contributed by atoms with Crippen molar-refractivity contribution in [2.45, 2.75) is 25.1 Å². The van der Waals surface area contributed by atoms with Gasteiger partial charge in [-0.25, -0.2) is 4.98 Å². The van der Waals surface area contributed by atoms with Crippen LogP contribution in [0.3, 0.4) is 0 Å². The minimum atomic E-state index is 0.0101. The Kier molecular flexibility index (Phi) is 5.03. The second-order valence-corrected chi connectivity index (χ2v) is 6.13. The number of thioether (sulfide) groups is 1. The molecule has 5 nitrogen and oxygen atoms in total. The fourth-order valence-electron chi connectivity index (χ4n) is 1.82. The van der Waals surface area contributed by atoms with Gasteiger partial charge in [-0.2, -0.15) is 0 Å². The Hall–Kier alpha value is -1.53. The van der Waals surface area contributed by atoms with E-state index in [9.17, 15) is 4.79 Å². The van der Waals surface area contributed by atoms with Crippen LogP contribution in [0.15, 0.2) is 24.3 Å². The van der Waals surface area contributed by atoms with Crippen molar-refractivity contribution >= 4 is 28.7 Å². The number of aromatic amines is 1. The highest BCUT2D eigenvalue weighted by molar-refractivity contribution is 8.00. The number of carbonyl (C=O) groups is 1. The predicted octanol–water partition coefficient (Wildman–Crippen LogP) is 1.82. The number of imidazole rings is 1. The zero-order valence-electron chi connectivity index (χ0n) is 11.7. The SMILES string of the molecule is CC(SCC(=O)N[C@@H](C)CN)c1nc2ccccc2[nH]1. The van der Waals surface area contributed by atoms with Gasteiger partial charge in [0.25, 0.3) is 0 Å². The van der Waals surface area contributed by atoms with Crippen LogP contribution < -0.4 is 11.1 Å². The molecular weight excluding hydrogens is 272 g/mol. The van der Waals surface area contributed by atoms with Gasteiger partial charge in [-0.05, 0) is 26.0 Å². The summed E-state index contributed by atoms with van der Waals surface area (Å²) in [6.07, 6.45) is 0. The molecule has 1 aromatic carbocycles. The minimum Gasteiger partial charge on any atom is -0.352 e. The number of aromatic nitrogens is 2. The normalized spacial score (nSPS) is 14.2. The first-order valence-corrected chi connectivity index (χ1v) is 7.70. The van der Waals surface area contributed by atoms with E-state index in [1.54, 1.807) is 11.8 Å². The highest BCUT2D eigenvalue weighted by Gasteiger charge is 2.14. The van der Waals surface area contributed by atoms with Crippen molar-refractivity contribution in [1.82, 2.24) is 15.3 Å². The van der Waals surface area contributed by atoms with Gasteiger partial charge in [0.1, 0.15) is 5.82 Å². The highest BCUT2D eigenvalue weighted by Crippen LogP contribution is 2.27. The summed E-state index contributed by atoms with van der Waals surface area (Å²) in [6.45, 7) is 4.39. The molecule has 2 rings (SSSR count). The van der Waals surface area contributed by atoms with Gasteiger partial charge in [0, 0.05) is 12.6 Å². The molecular formula is C14H20N4OS. The lowest BCUT2D eigenvalue weighted by molar-refractivity contribution is -0.119. The molecule has 20 heavy (non-hydrogen) atoms. The first-order chi connectivity index (χ1) is 9.60. The molecule has 0 saturated carbocycles. The van der Waals surface area contributed by atoms with Crippen LogP contribution in [0.2, 0.25) is 0 Å². The van der Waals surface area contributed by atoms with E-state index in [0.717, 1.165) is 16.9 Å². The Balaban J connectivity index is 1.91. The number of nitrogens with two attached hydrogens (primary N) is 1. The number of rotatable bonds is 6. The van der Waals surface area contributed by atoms with E-state index < -0.39 is 0 Å². The number of amides is 1. The summed E-state index contributed by atoms with van der Waals surface area (Å²) in [5, 5.41) is 2.99. The van der Waals surface area contributed by atoms with Crippen molar-refractivity contribution in [2.24, 2.45) is 5.73 Å². The zero-order valence-corrected chi connectivity index (χ0v) is 12.5. The molecule has 0 radical (unpaired) electrons. The van der Waals surface area contributed by atoms with Crippen molar-refractivity contribution in [2.75, 3.05) is 12.3 Å². The van der Waals surface area contributed by atoms with Crippen LogP contribution in [-0.4, -0.2) is 34.2 Å². The highest BCUT2D eigenvalue weighted by atomic mass is 32.2. The standard InChI is InChI=1S/C14H20N4OS/c1-9(7-15)16-13(19)8-20-10(2)14-17-11-5-3-4-6-12(11)18-14/h3-6,9-10H,7-8,15H2,1-2H3,(H,16,19)(H,17,18)/t9-,10?/m0/s1. The van der Waals surface area contributed by atoms with Gasteiger partial charge in [-0.15, -0.1) is 11.8 Å². The molecule has 1 amide bonds. The van der Waals surface area contributed by atoms with Crippen LogP contribution in [0.25, 0.3) is 11.0 Å². The third kappa shape index (κ3) is 3.74. The van der Waals surface area contributed by atoms with Crippen LogP contribution in [0.5, 0.6) is 0 Å². The number of H-pyrrole nitrogens is 1. The molecule has 6 heteroatoms. The fourth-order valence-corrected chi connectivity index (χ4v) is 2.57. The van der Waals surface area contributed by atoms with E-state index in [2.05, 4.69) is 15.3 Å². The summed E-state index contributed by atoms with van der Waals surface area (Å²) in [5.74, 6) is 1.31. The van der Waals surface area contributed by atoms with Gasteiger partial charge >= 0.3 is 0 Å². The molecule has 108 valence electrons. The number of hydrogen-bond donors (Lipinski definition) is 3. The third-order valence-electron chi connectivity index (χ3n) is 3.02. The van der Waals surface area contributed by atoms with E-state index in [4.69, 9.17) is 5.73 Å². The molecule has 2 aromatic rings. The van der Waals surface area contributed by atoms with Crippen LogP contribution in [0.4, 0.5) is 0 Å². The number of nitrogens with one attached hydrogen (secondary N) is 2. The van der Waals surface area contributed by atoms with Gasteiger partial charge in [0.15, 0.2) is 0 Å². The molecule has 2 atom stereocenters. The van der Waals surface area contributed by atoms with E-state index in [-0.39, 0.29) is 17.2 Å². The first kappa shape index (κ1) is 14.9. The summed E-state index contributed by atoms with van der Waals surface area (Å²) >= 11 is 1.56. The Morgan fingerprint density at radius 3 is 2.90 bits per heavy atom. The maximum Gasteiger partial charge on any atom is 0.230 e. The van der Waals surface area contributed by atoms with E-state index in [1.807, 2.05) is 38.1 Å². The Bertz CT molecular complexity index is 550. The minimum absolute atomic E-state index is 0.0101. The van der Waals surface area contributed by atoms with E-state index >= 15 is 0 Å². The topological polar surface area (TPSA) is 83.8 Å².